The van der Waals surface area contributed by atoms with Crippen molar-refractivity contribution in [3.63, 3.8) is 0 Å². The Kier molecular flexibility index (Phi) is 9.60. The number of aliphatic imine (C=N–C) groups is 1. The van der Waals surface area contributed by atoms with E-state index >= 15 is 0 Å². The van der Waals surface area contributed by atoms with E-state index in [4.69, 9.17) is 16.3 Å². The first-order chi connectivity index (χ1) is 18.3. The predicted octanol–water partition coefficient (Wildman–Crippen LogP) is 5.91. The molecule has 0 fully saturated rings. The summed E-state index contributed by atoms with van der Waals surface area (Å²) in [4.78, 5) is 45.8. The Morgan fingerprint density at radius 1 is 1.15 bits per heavy atom. The molecule has 0 saturated heterocycles. The predicted molar refractivity (Wildman–Crippen MR) is 139 cm³/mol. The van der Waals surface area contributed by atoms with E-state index < -0.39 is 42.0 Å². The van der Waals surface area contributed by atoms with Crippen LogP contribution in [0.2, 0.25) is 5.02 Å². The summed E-state index contributed by atoms with van der Waals surface area (Å²) in [5, 5.41) is 0.438. The zero-order chi connectivity index (χ0) is 28.9. The molecule has 0 spiro atoms. The molecule has 0 N–H and O–H groups in total. The molecule has 2 unspecified atom stereocenters. The third-order valence-corrected chi connectivity index (χ3v) is 6.22. The van der Waals surface area contributed by atoms with Gasteiger partial charge in [-0.15, -0.1) is 13.2 Å². The lowest BCUT2D eigenvalue weighted by atomic mass is 9.86. The highest BCUT2D eigenvalue weighted by Crippen LogP contribution is 2.36. The van der Waals surface area contributed by atoms with Gasteiger partial charge in [-0.2, -0.15) is 0 Å². The number of amides is 3. The van der Waals surface area contributed by atoms with Crippen molar-refractivity contribution in [3.05, 3.63) is 64.7 Å². The van der Waals surface area contributed by atoms with Crippen LogP contribution in [0.1, 0.15) is 49.2 Å². The minimum absolute atomic E-state index is 0.161. The molecular formula is C27H29ClF3N3O5. The molecule has 0 aliphatic carbocycles. The molecule has 0 radical (unpaired) electrons. The van der Waals surface area contributed by atoms with Crippen molar-refractivity contribution in [2.75, 3.05) is 20.1 Å². The van der Waals surface area contributed by atoms with Gasteiger partial charge in [0.1, 0.15) is 11.7 Å². The molecule has 210 valence electrons. The van der Waals surface area contributed by atoms with Gasteiger partial charge in [-0.05, 0) is 69.2 Å². The summed E-state index contributed by atoms with van der Waals surface area (Å²) in [6, 6.07) is 10.2. The monoisotopic (exact) mass is 567 g/mol. The van der Waals surface area contributed by atoms with Crippen molar-refractivity contribution >= 4 is 35.2 Å². The van der Waals surface area contributed by atoms with E-state index in [0.29, 0.717) is 22.7 Å². The van der Waals surface area contributed by atoms with Crippen molar-refractivity contribution in [2.45, 2.75) is 45.7 Å². The lowest BCUT2D eigenvalue weighted by Crippen LogP contribution is -2.48. The summed E-state index contributed by atoms with van der Waals surface area (Å²) in [6.45, 7) is 5.45. The number of carbonyl (C=O) groups is 3. The maximum absolute atomic E-state index is 13.1. The summed E-state index contributed by atoms with van der Waals surface area (Å²) < 4.78 is 46.5. The molecule has 0 bridgehead atoms. The molecule has 0 saturated carbocycles. The molecule has 3 rings (SSSR count). The van der Waals surface area contributed by atoms with Crippen molar-refractivity contribution in [1.29, 1.82) is 0 Å². The maximum Gasteiger partial charge on any atom is 0.573 e. The number of hydrogen-bond acceptors (Lipinski definition) is 5. The van der Waals surface area contributed by atoms with Crippen LogP contribution < -0.4 is 4.74 Å². The van der Waals surface area contributed by atoms with Crippen LogP contribution in [0.4, 0.5) is 18.0 Å². The first-order valence-corrected chi connectivity index (χ1v) is 12.6. The lowest BCUT2D eigenvalue weighted by molar-refractivity contribution is -0.274. The normalized spacial score (nSPS) is 17.6. The van der Waals surface area contributed by atoms with Crippen LogP contribution in [0.5, 0.6) is 5.75 Å². The number of benzene rings is 2. The van der Waals surface area contributed by atoms with Gasteiger partial charge in [-0.25, -0.2) is 9.79 Å². The first-order valence-electron chi connectivity index (χ1n) is 12.2. The van der Waals surface area contributed by atoms with E-state index in [1.807, 2.05) is 0 Å². The largest absolute Gasteiger partial charge is 0.573 e. The highest BCUT2D eigenvalue weighted by Gasteiger charge is 2.43. The maximum atomic E-state index is 13.1. The molecule has 1 heterocycles. The Balaban J connectivity index is 1.75. The molecular weight excluding hydrogens is 539 g/mol. The van der Waals surface area contributed by atoms with Gasteiger partial charge in [-0.3, -0.25) is 9.59 Å². The smallest absolute Gasteiger partial charge is 0.462 e. The third-order valence-electron chi connectivity index (χ3n) is 5.99. The number of halogens is 4. The highest BCUT2D eigenvalue weighted by molar-refractivity contribution is 6.30. The Morgan fingerprint density at radius 2 is 1.82 bits per heavy atom. The van der Waals surface area contributed by atoms with Crippen LogP contribution in [-0.2, 0) is 9.53 Å². The summed E-state index contributed by atoms with van der Waals surface area (Å²) in [6.07, 6.45) is -4.87. The number of rotatable bonds is 9. The average Bonchev–Trinajstić information content (AvgIpc) is 2.83. The molecule has 2 atom stereocenters. The Labute approximate surface area is 229 Å². The van der Waals surface area contributed by atoms with Crippen LogP contribution in [0.25, 0.3) is 0 Å². The summed E-state index contributed by atoms with van der Waals surface area (Å²) >= 11 is 6.22. The molecule has 1 aliphatic heterocycles. The van der Waals surface area contributed by atoms with Crippen molar-refractivity contribution in [1.82, 2.24) is 9.80 Å². The van der Waals surface area contributed by atoms with Gasteiger partial charge < -0.3 is 19.3 Å². The number of hydrogen-bond donors (Lipinski definition) is 0. The molecule has 12 heteroatoms. The van der Waals surface area contributed by atoms with Crippen molar-refractivity contribution in [3.8, 4) is 5.75 Å². The fourth-order valence-corrected chi connectivity index (χ4v) is 4.51. The zero-order valence-corrected chi connectivity index (χ0v) is 22.6. The van der Waals surface area contributed by atoms with Gasteiger partial charge in [0.25, 0.3) is 5.91 Å². The Hall–Kier alpha value is -3.60. The third kappa shape index (κ3) is 7.95. The van der Waals surface area contributed by atoms with E-state index in [0.717, 1.165) is 12.1 Å². The van der Waals surface area contributed by atoms with Crippen LogP contribution in [0.3, 0.4) is 0 Å². The topological polar surface area (TPSA) is 88.5 Å². The summed E-state index contributed by atoms with van der Waals surface area (Å²) in [7, 11) is 1.54. The van der Waals surface area contributed by atoms with Gasteiger partial charge in [0.05, 0.1) is 12.1 Å². The van der Waals surface area contributed by atoms with Crippen LogP contribution in [0.15, 0.2) is 53.5 Å². The lowest BCUT2D eigenvalue weighted by Gasteiger charge is -2.39. The summed E-state index contributed by atoms with van der Waals surface area (Å²) in [5.41, 5.74) is 1.15. The van der Waals surface area contributed by atoms with Crippen LogP contribution >= 0.6 is 11.6 Å². The number of carbonyl (C=O) groups excluding carboxylic acids is 3. The number of ether oxygens (including phenoxy) is 2. The summed E-state index contributed by atoms with van der Waals surface area (Å²) in [5.74, 6) is -2.21. The highest BCUT2D eigenvalue weighted by atomic mass is 35.5. The van der Waals surface area contributed by atoms with E-state index in [-0.39, 0.29) is 24.8 Å². The fraction of sp³-hybridized carbons (Fsp3) is 0.407. The SMILES string of the molecule is CC1=NC(=O)N(CCCN(C)C(=O)c2ccc(OC(F)(F)F)cc2)C(c2cccc(Cl)c2)C1C(=O)OC(C)C. The van der Waals surface area contributed by atoms with E-state index in [1.165, 1.54) is 21.9 Å². The Morgan fingerprint density at radius 3 is 2.41 bits per heavy atom. The molecule has 1 aliphatic rings. The number of urea groups is 1. The van der Waals surface area contributed by atoms with Crippen molar-refractivity contribution < 1.29 is 37.0 Å². The number of esters is 1. The number of nitrogens with zero attached hydrogens (tertiary/aromatic N) is 3. The molecule has 8 nitrogen and oxygen atoms in total. The second kappa shape index (κ2) is 12.5. The number of alkyl halides is 3. The standard InChI is InChI=1S/C27H29ClF3N3O5/c1-16(2)38-25(36)22-17(3)32-26(37)34(23(22)19-7-5-8-20(28)15-19)14-6-13-33(4)24(35)18-9-11-21(12-10-18)39-27(29,30)31/h5,7-12,15-16,22-23H,6,13-14H2,1-4H3. The van der Waals surface area contributed by atoms with E-state index in [9.17, 15) is 27.6 Å². The molecule has 39 heavy (non-hydrogen) atoms. The average molecular weight is 568 g/mol. The minimum atomic E-state index is -4.83. The van der Waals surface area contributed by atoms with Crippen molar-refractivity contribution in [2.24, 2.45) is 10.9 Å². The van der Waals surface area contributed by atoms with Gasteiger partial charge in [0.15, 0.2) is 0 Å². The van der Waals surface area contributed by atoms with E-state index in [2.05, 4.69) is 9.73 Å². The fourth-order valence-electron chi connectivity index (χ4n) is 4.31. The van der Waals surface area contributed by atoms with Gasteiger partial charge in [0, 0.05) is 36.4 Å². The second-order valence-electron chi connectivity index (χ2n) is 9.34. The molecule has 0 aromatic heterocycles. The molecule has 3 amide bonds. The first kappa shape index (κ1) is 29.9. The zero-order valence-electron chi connectivity index (χ0n) is 21.9. The Bertz CT molecular complexity index is 1230. The van der Waals surface area contributed by atoms with Gasteiger partial charge >= 0.3 is 18.4 Å². The van der Waals surface area contributed by atoms with E-state index in [1.54, 1.807) is 52.1 Å². The molecule has 2 aromatic rings. The molecule has 2 aromatic carbocycles. The second-order valence-corrected chi connectivity index (χ2v) is 9.78. The van der Waals surface area contributed by atoms with Gasteiger partial charge in [-0.1, -0.05) is 23.7 Å². The van der Waals surface area contributed by atoms with Crippen LogP contribution in [0, 0.1) is 5.92 Å². The van der Waals surface area contributed by atoms with Crippen LogP contribution in [-0.4, -0.2) is 66.0 Å². The van der Waals surface area contributed by atoms with Gasteiger partial charge in [0.2, 0.25) is 0 Å². The quantitative estimate of drug-likeness (QED) is 0.352. The minimum Gasteiger partial charge on any atom is -0.462 e.